The van der Waals surface area contributed by atoms with Crippen LogP contribution < -0.4 is 5.73 Å². The van der Waals surface area contributed by atoms with Gasteiger partial charge in [-0.3, -0.25) is 0 Å². The van der Waals surface area contributed by atoms with E-state index in [0.717, 1.165) is 17.3 Å². The smallest absolute Gasteiger partial charge is 0.160 e. The number of hydrogen-bond acceptors (Lipinski definition) is 4. The van der Waals surface area contributed by atoms with Crippen LogP contribution in [0.15, 0.2) is 18.5 Å². The van der Waals surface area contributed by atoms with E-state index in [1.54, 1.807) is 16.8 Å². The van der Waals surface area contributed by atoms with Gasteiger partial charge >= 0.3 is 0 Å². The van der Waals surface area contributed by atoms with Crippen molar-refractivity contribution in [3.63, 3.8) is 0 Å². The standard InChI is InChI=1S/C12H16N4S/c13-11-4-5-14-12-9(8-15-16(11)12)7-10-3-1-2-6-17-10/h4-5,8,10H,1-3,6-7,13H2. The molecule has 0 aliphatic carbocycles. The zero-order chi connectivity index (χ0) is 11.7. The van der Waals surface area contributed by atoms with Crippen molar-refractivity contribution >= 4 is 23.2 Å². The molecule has 2 N–H and O–H groups in total. The van der Waals surface area contributed by atoms with Crippen LogP contribution in [-0.2, 0) is 6.42 Å². The van der Waals surface area contributed by atoms with Gasteiger partial charge in [0.1, 0.15) is 5.82 Å². The van der Waals surface area contributed by atoms with Crippen molar-refractivity contribution in [3.05, 3.63) is 24.0 Å². The third-order valence-corrected chi connectivity index (χ3v) is 4.62. The number of nitrogens with zero attached hydrogens (tertiary/aromatic N) is 3. The van der Waals surface area contributed by atoms with Gasteiger partial charge in [0.25, 0.3) is 0 Å². The Morgan fingerprint density at radius 1 is 1.47 bits per heavy atom. The molecule has 0 radical (unpaired) electrons. The van der Waals surface area contributed by atoms with Crippen LogP contribution in [-0.4, -0.2) is 25.6 Å². The predicted octanol–water partition coefficient (Wildman–Crippen LogP) is 2.14. The summed E-state index contributed by atoms with van der Waals surface area (Å²) in [4.78, 5) is 4.38. The SMILES string of the molecule is Nc1ccnc2c(CC3CCCCS3)cnn12. The number of rotatable bonds is 2. The van der Waals surface area contributed by atoms with E-state index >= 15 is 0 Å². The minimum Gasteiger partial charge on any atom is -0.384 e. The molecule has 1 unspecified atom stereocenters. The van der Waals surface area contributed by atoms with Gasteiger partial charge in [-0.05, 0) is 31.1 Å². The topological polar surface area (TPSA) is 56.2 Å². The van der Waals surface area contributed by atoms with Gasteiger partial charge in [0, 0.05) is 17.0 Å². The lowest BCUT2D eigenvalue weighted by Crippen LogP contribution is -2.12. The van der Waals surface area contributed by atoms with E-state index in [4.69, 9.17) is 5.73 Å². The molecule has 2 aromatic heterocycles. The van der Waals surface area contributed by atoms with Gasteiger partial charge < -0.3 is 5.73 Å². The first kappa shape index (κ1) is 10.9. The summed E-state index contributed by atoms with van der Waals surface area (Å²) in [6.07, 6.45) is 8.75. The normalized spacial score (nSPS) is 20.8. The number of anilines is 1. The van der Waals surface area contributed by atoms with Gasteiger partial charge in [-0.1, -0.05) is 6.42 Å². The van der Waals surface area contributed by atoms with E-state index in [9.17, 15) is 0 Å². The van der Waals surface area contributed by atoms with Crippen molar-refractivity contribution in [1.29, 1.82) is 0 Å². The summed E-state index contributed by atoms with van der Waals surface area (Å²) in [5, 5.41) is 5.03. The van der Waals surface area contributed by atoms with Crippen molar-refractivity contribution in [2.24, 2.45) is 0 Å². The Hall–Kier alpha value is -1.23. The Morgan fingerprint density at radius 3 is 3.24 bits per heavy atom. The molecular formula is C12H16N4S. The summed E-state index contributed by atoms with van der Waals surface area (Å²) < 4.78 is 1.73. The van der Waals surface area contributed by atoms with Crippen LogP contribution in [0.2, 0.25) is 0 Å². The second kappa shape index (κ2) is 4.56. The van der Waals surface area contributed by atoms with Crippen LogP contribution in [0, 0.1) is 0 Å². The van der Waals surface area contributed by atoms with Crippen molar-refractivity contribution < 1.29 is 0 Å². The van der Waals surface area contributed by atoms with E-state index in [1.807, 2.05) is 6.20 Å². The third kappa shape index (κ3) is 2.11. The molecular weight excluding hydrogens is 232 g/mol. The Morgan fingerprint density at radius 2 is 2.41 bits per heavy atom. The van der Waals surface area contributed by atoms with Gasteiger partial charge in [-0.15, -0.1) is 0 Å². The fraction of sp³-hybridized carbons (Fsp3) is 0.500. The summed E-state index contributed by atoms with van der Waals surface area (Å²) in [7, 11) is 0. The van der Waals surface area contributed by atoms with Crippen molar-refractivity contribution in [2.75, 3.05) is 11.5 Å². The maximum Gasteiger partial charge on any atom is 0.160 e. The van der Waals surface area contributed by atoms with Crippen molar-refractivity contribution in [2.45, 2.75) is 30.9 Å². The highest BCUT2D eigenvalue weighted by Crippen LogP contribution is 2.28. The Balaban J connectivity index is 1.87. The third-order valence-electron chi connectivity index (χ3n) is 3.23. The van der Waals surface area contributed by atoms with E-state index in [1.165, 1.54) is 30.6 Å². The maximum atomic E-state index is 5.86. The second-order valence-electron chi connectivity index (χ2n) is 4.47. The van der Waals surface area contributed by atoms with Crippen LogP contribution in [0.5, 0.6) is 0 Å². The zero-order valence-corrected chi connectivity index (χ0v) is 10.5. The molecule has 4 nitrogen and oxygen atoms in total. The molecule has 3 heterocycles. The minimum atomic E-state index is 0.651. The Kier molecular flexibility index (Phi) is 2.93. The molecule has 90 valence electrons. The van der Waals surface area contributed by atoms with Crippen molar-refractivity contribution in [1.82, 2.24) is 14.6 Å². The van der Waals surface area contributed by atoms with E-state index in [2.05, 4.69) is 21.8 Å². The fourth-order valence-electron chi connectivity index (χ4n) is 2.31. The molecule has 0 aromatic carbocycles. The van der Waals surface area contributed by atoms with Crippen LogP contribution in [0.1, 0.15) is 24.8 Å². The highest BCUT2D eigenvalue weighted by molar-refractivity contribution is 7.99. The van der Waals surface area contributed by atoms with Gasteiger partial charge in [-0.2, -0.15) is 21.4 Å². The number of thioether (sulfide) groups is 1. The van der Waals surface area contributed by atoms with Crippen molar-refractivity contribution in [3.8, 4) is 0 Å². The first-order valence-corrected chi connectivity index (χ1v) is 7.08. The lowest BCUT2D eigenvalue weighted by atomic mass is 10.1. The molecule has 0 spiro atoms. The minimum absolute atomic E-state index is 0.651. The average Bonchev–Trinajstić information content (AvgIpc) is 2.76. The van der Waals surface area contributed by atoms with E-state index in [0.29, 0.717) is 5.82 Å². The van der Waals surface area contributed by atoms with Crippen LogP contribution in [0.4, 0.5) is 5.82 Å². The van der Waals surface area contributed by atoms with Gasteiger partial charge in [0.05, 0.1) is 6.20 Å². The molecule has 0 amide bonds. The van der Waals surface area contributed by atoms with E-state index < -0.39 is 0 Å². The molecule has 2 aromatic rings. The molecule has 1 aliphatic heterocycles. The van der Waals surface area contributed by atoms with Crippen LogP contribution in [0.3, 0.4) is 0 Å². The molecule has 5 heteroatoms. The van der Waals surface area contributed by atoms with Gasteiger partial charge in [0.2, 0.25) is 0 Å². The largest absolute Gasteiger partial charge is 0.384 e. The monoisotopic (exact) mass is 248 g/mol. The Bertz CT molecular complexity index is 516. The summed E-state index contributed by atoms with van der Waals surface area (Å²) in [5.74, 6) is 1.94. The molecule has 17 heavy (non-hydrogen) atoms. The molecule has 1 saturated heterocycles. The number of aromatic nitrogens is 3. The molecule has 1 fully saturated rings. The fourth-order valence-corrected chi connectivity index (χ4v) is 3.65. The lowest BCUT2D eigenvalue weighted by Gasteiger charge is -2.20. The predicted molar refractivity (Wildman–Crippen MR) is 71.2 cm³/mol. The van der Waals surface area contributed by atoms with E-state index in [-0.39, 0.29) is 0 Å². The van der Waals surface area contributed by atoms with Gasteiger partial charge in [-0.25, -0.2) is 4.98 Å². The maximum absolute atomic E-state index is 5.86. The second-order valence-corrected chi connectivity index (χ2v) is 5.88. The highest BCUT2D eigenvalue weighted by atomic mass is 32.2. The first-order chi connectivity index (χ1) is 8.34. The zero-order valence-electron chi connectivity index (χ0n) is 9.67. The van der Waals surface area contributed by atoms with Gasteiger partial charge in [0.15, 0.2) is 5.65 Å². The quantitative estimate of drug-likeness (QED) is 0.884. The molecule has 0 bridgehead atoms. The summed E-state index contributed by atoms with van der Waals surface area (Å²) in [6.45, 7) is 0. The molecule has 1 atom stereocenters. The summed E-state index contributed by atoms with van der Waals surface area (Å²) >= 11 is 2.08. The Labute approximate surface area is 105 Å². The summed E-state index contributed by atoms with van der Waals surface area (Å²) in [6, 6.07) is 1.78. The van der Waals surface area contributed by atoms with Crippen LogP contribution >= 0.6 is 11.8 Å². The highest BCUT2D eigenvalue weighted by Gasteiger charge is 2.17. The summed E-state index contributed by atoms with van der Waals surface area (Å²) in [5.41, 5.74) is 7.99. The number of hydrogen-bond donors (Lipinski definition) is 1. The lowest BCUT2D eigenvalue weighted by molar-refractivity contribution is 0.661. The molecule has 3 rings (SSSR count). The average molecular weight is 248 g/mol. The number of nitrogens with two attached hydrogens (primary N) is 1. The molecule has 1 aliphatic rings. The number of fused-ring (bicyclic) bond motifs is 1. The first-order valence-electron chi connectivity index (χ1n) is 6.03. The molecule has 0 saturated carbocycles. The number of nitrogen functional groups attached to an aromatic ring is 1. The van der Waals surface area contributed by atoms with Crippen LogP contribution in [0.25, 0.3) is 5.65 Å².